The third-order valence-electron chi connectivity index (χ3n) is 4.02. The van der Waals surface area contributed by atoms with Crippen LogP contribution in [-0.2, 0) is 4.74 Å². The van der Waals surface area contributed by atoms with Crippen molar-refractivity contribution in [3.63, 3.8) is 0 Å². The van der Waals surface area contributed by atoms with Gasteiger partial charge in [0.2, 0.25) is 0 Å². The van der Waals surface area contributed by atoms with E-state index < -0.39 is 0 Å². The van der Waals surface area contributed by atoms with Gasteiger partial charge < -0.3 is 10.1 Å². The van der Waals surface area contributed by atoms with Crippen molar-refractivity contribution in [3.8, 4) is 5.69 Å². The summed E-state index contributed by atoms with van der Waals surface area (Å²) < 4.78 is 7.86. The van der Waals surface area contributed by atoms with Gasteiger partial charge in [0.05, 0.1) is 29.2 Å². The standard InChI is InChI=1S/C15H20N4O/c1-15(9-6-10-20-15)14(16-2)13-11-17-18-19(13)12-7-4-3-5-8-12/h3-5,7-8,11,14,16H,6,9-10H2,1-2H3. The average Bonchev–Trinajstić information content (AvgIpc) is 3.11. The molecule has 1 saturated heterocycles. The molecule has 2 heterocycles. The highest BCUT2D eigenvalue weighted by atomic mass is 16.5. The first-order valence-corrected chi connectivity index (χ1v) is 7.02. The predicted octanol–water partition coefficient (Wildman–Crippen LogP) is 2.10. The zero-order valence-electron chi connectivity index (χ0n) is 11.9. The predicted molar refractivity (Wildman–Crippen MR) is 76.8 cm³/mol. The summed E-state index contributed by atoms with van der Waals surface area (Å²) in [5, 5.41) is 11.7. The smallest absolute Gasteiger partial charge is 0.0865 e. The monoisotopic (exact) mass is 272 g/mol. The van der Waals surface area contributed by atoms with Crippen LogP contribution in [-0.4, -0.2) is 34.2 Å². The fraction of sp³-hybridized carbons (Fsp3) is 0.467. The van der Waals surface area contributed by atoms with E-state index in [1.165, 1.54) is 0 Å². The van der Waals surface area contributed by atoms with Gasteiger partial charge in [-0.05, 0) is 38.9 Å². The van der Waals surface area contributed by atoms with Gasteiger partial charge in [0.1, 0.15) is 0 Å². The summed E-state index contributed by atoms with van der Waals surface area (Å²) in [5.74, 6) is 0. The fourth-order valence-corrected chi connectivity index (χ4v) is 3.00. The summed E-state index contributed by atoms with van der Waals surface area (Å²) in [6, 6.07) is 10.1. The molecule has 0 spiro atoms. The summed E-state index contributed by atoms with van der Waals surface area (Å²) in [4.78, 5) is 0. The van der Waals surface area contributed by atoms with Crippen molar-refractivity contribution in [2.45, 2.75) is 31.4 Å². The summed E-state index contributed by atoms with van der Waals surface area (Å²) in [6.07, 6.45) is 3.96. The van der Waals surface area contributed by atoms with Crippen LogP contribution in [0.4, 0.5) is 0 Å². The third kappa shape index (κ3) is 2.23. The number of nitrogens with zero attached hydrogens (tertiary/aromatic N) is 3. The van der Waals surface area contributed by atoms with Crippen LogP contribution in [0.3, 0.4) is 0 Å². The summed E-state index contributed by atoms with van der Waals surface area (Å²) >= 11 is 0. The average molecular weight is 272 g/mol. The first-order valence-electron chi connectivity index (χ1n) is 7.02. The van der Waals surface area contributed by atoms with Crippen molar-refractivity contribution in [1.82, 2.24) is 20.3 Å². The minimum Gasteiger partial charge on any atom is -0.373 e. The van der Waals surface area contributed by atoms with Crippen molar-refractivity contribution in [2.75, 3.05) is 13.7 Å². The number of nitrogens with one attached hydrogen (secondary N) is 1. The van der Waals surface area contributed by atoms with Gasteiger partial charge in [-0.3, -0.25) is 0 Å². The highest BCUT2D eigenvalue weighted by molar-refractivity contribution is 5.32. The molecule has 0 bridgehead atoms. The SMILES string of the molecule is CNC(c1cnnn1-c1ccccc1)C1(C)CCCO1. The van der Waals surface area contributed by atoms with E-state index in [-0.39, 0.29) is 11.6 Å². The first-order chi connectivity index (χ1) is 9.74. The molecule has 1 fully saturated rings. The zero-order valence-corrected chi connectivity index (χ0v) is 11.9. The van der Waals surface area contributed by atoms with Gasteiger partial charge in [0, 0.05) is 6.61 Å². The van der Waals surface area contributed by atoms with Gasteiger partial charge in [0.25, 0.3) is 0 Å². The molecule has 2 atom stereocenters. The van der Waals surface area contributed by atoms with E-state index in [2.05, 4.69) is 22.6 Å². The lowest BCUT2D eigenvalue weighted by Crippen LogP contribution is -2.40. The van der Waals surface area contributed by atoms with Crippen LogP contribution in [0.2, 0.25) is 0 Å². The maximum atomic E-state index is 5.98. The molecular weight excluding hydrogens is 252 g/mol. The Labute approximate surface area is 118 Å². The van der Waals surface area contributed by atoms with E-state index in [9.17, 15) is 0 Å². The van der Waals surface area contributed by atoms with Crippen molar-refractivity contribution in [3.05, 3.63) is 42.2 Å². The van der Waals surface area contributed by atoms with E-state index in [1.54, 1.807) is 0 Å². The quantitative estimate of drug-likeness (QED) is 0.926. The molecule has 1 aromatic carbocycles. The largest absolute Gasteiger partial charge is 0.373 e. The Morgan fingerprint density at radius 1 is 1.35 bits per heavy atom. The molecule has 0 radical (unpaired) electrons. The number of para-hydroxylation sites is 1. The Morgan fingerprint density at radius 3 is 2.80 bits per heavy atom. The van der Waals surface area contributed by atoms with Gasteiger partial charge >= 0.3 is 0 Å². The lowest BCUT2D eigenvalue weighted by atomic mass is 9.91. The molecule has 20 heavy (non-hydrogen) atoms. The molecular formula is C15H20N4O. The molecule has 2 unspecified atom stereocenters. The Kier molecular flexibility index (Phi) is 3.54. The van der Waals surface area contributed by atoms with Crippen LogP contribution >= 0.6 is 0 Å². The van der Waals surface area contributed by atoms with Crippen molar-refractivity contribution in [1.29, 1.82) is 0 Å². The molecule has 5 nitrogen and oxygen atoms in total. The van der Waals surface area contributed by atoms with E-state index >= 15 is 0 Å². The molecule has 0 saturated carbocycles. The van der Waals surface area contributed by atoms with Crippen LogP contribution < -0.4 is 5.32 Å². The maximum Gasteiger partial charge on any atom is 0.0865 e. The Bertz CT molecular complexity index is 560. The van der Waals surface area contributed by atoms with Gasteiger partial charge in [-0.15, -0.1) is 5.10 Å². The molecule has 0 amide bonds. The van der Waals surface area contributed by atoms with Crippen LogP contribution in [0, 0.1) is 0 Å². The highest BCUT2D eigenvalue weighted by Crippen LogP contribution is 2.37. The summed E-state index contributed by atoms with van der Waals surface area (Å²) in [7, 11) is 1.96. The highest BCUT2D eigenvalue weighted by Gasteiger charge is 2.40. The number of hydrogen-bond donors (Lipinski definition) is 1. The second-order valence-electron chi connectivity index (χ2n) is 5.39. The number of benzene rings is 1. The molecule has 0 aliphatic carbocycles. The minimum absolute atomic E-state index is 0.0696. The zero-order chi connectivity index (χ0) is 14.0. The number of hydrogen-bond acceptors (Lipinski definition) is 4. The normalized spacial score (nSPS) is 23.9. The van der Waals surface area contributed by atoms with Crippen LogP contribution in [0.5, 0.6) is 0 Å². The van der Waals surface area contributed by atoms with Gasteiger partial charge in [-0.1, -0.05) is 23.4 Å². The van der Waals surface area contributed by atoms with Crippen molar-refractivity contribution < 1.29 is 4.74 Å². The van der Waals surface area contributed by atoms with Gasteiger partial charge in [-0.25, -0.2) is 4.68 Å². The third-order valence-corrected chi connectivity index (χ3v) is 4.02. The molecule has 5 heteroatoms. The first kappa shape index (κ1) is 13.3. The molecule has 1 aliphatic rings. The minimum atomic E-state index is -0.205. The van der Waals surface area contributed by atoms with E-state index in [0.717, 1.165) is 30.8 Å². The van der Waals surface area contributed by atoms with Crippen molar-refractivity contribution >= 4 is 0 Å². The van der Waals surface area contributed by atoms with E-state index in [0.29, 0.717) is 0 Å². The lowest BCUT2D eigenvalue weighted by Gasteiger charge is -2.33. The molecule has 106 valence electrons. The van der Waals surface area contributed by atoms with Crippen LogP contribution in [0.25, 0.3) is 5.69 Å². The maximum absolute atomic E-state index is 5.98. The Morgan fingerprint density at radius 2 is 2.15 bits per heavy atom. The fourth-order valence-electron chi connectivity index (χ4n) is 3.00. The number of rotatable bonds is 4. The molecule has 2 aromatic rings. The van der Waals surface area contributed by atoms with Crippen molar-refractivity contribution in [2.24, 2.45) is 0 Å². The molecule has 1 N–H and O–H groups in total. The second-order valence-corrected chi connectivity index (χ2v) is 5.39. The molecule has 1 aliphatic heterocycles. The van der Waals surface area contributed by atoms with Crippen LogP contribution in [0.1, 0.15) is 31.5 Å². The van der Waals surface area contributed by atoms with Gasteiger partial charge in [0.15, 0.2) is 0 Å². The summed E-state index contributed by atoms with van der Waals surface area (Å²) in [5.41, 5.74) is 1.84. The number of aromatic nitrogens is 3. The second kappa shape index (κ2) is 5.34. The molecule has 1 aromatic heterocycles. The van der Waals surface area contributed by atoms with Crippen LogP contribution in [0.15, 0.2) is 36.5 Å². The summed E-state index contributed by atoms with van der Waals surface area (Å²) in [6.45, 7) is 2.98. The lowest BCUT2D eigenvalue weighted by molar-refractivity contribution is -0.0122. The van der Waals surface area contributed by atoms with Gasteiger partial charge in [-0.2, -0.15) is 0 Å². The topological polar surface area (TPSA) is 52.0 Å². The Hall–Kier alpha value is -1.72. The van der Waals surface area contributed by atoms with E-state index in [4.69, 9.17) is 4.74 Å². The molecule has 3 rings (SSSR count). The number of ether oxygens (including phenoxy) is 1. The Balaban J connectivity index is 2.00. The number of likely N-dealkylation sites (N-methyl/N-ethyl adjacent to an activating group) is 1. The van der Waals surface area contributed by atoms with E-state index in [1.807, 2.05) is 48.3 Å².